The Bertz CT molecular complexity index is 619. The Labute approximate surface area is 124 Å². The molecule has 0 radical (unpaired) electrons. The van der Waals surface area contributed by atoms with E-state index in [9.17, 15) is 4.79 Å². The summed E-state index contributed by atoms with van der Waals surface area (Å²) < 4.78 is 0. The molecule has 0 aliphatic rings. The van der Waals surface area contributed by atoms with E-state index in [1.165, 1.54) is 17.8 Å². The first-order valence-corrected chi connectivity index (χ1v) is 7.07. The fourth-order valence-electron chi connectivity index (χ4n) is 1.42. The van der Waals surface area contributed by atoms with Crippen molar-refractivity contribution in [3.63, 3.8) is 0 Å². The minimum Gasteiger partial charge on any atom is -0.477 e. The molecule has 0 atom stereocenters. The van der Waals surface area contributed by atoms with Crippen LogP contribution in [0.4, 0.5) is 0 Å². The predicted molar refractivity (Wildman–Crippen MR) is 77.2 cm³/mol. The Balaban J connectivity index is 2.12. The molecule has 3 nitrogen and oxygen atoms in total. The van der Waals surface area contributed by atoms with Crippen LogP contribution in [0.5, 0.6) is 0 Å². The van der Waals surface area contributed by atoms with Crippen molar-refractivity contribution in [1.82, 2.24) is 4.98 Å². The molecule has 19 heavy (non-hydrogen) atoms. The van der Waals surface area contributed by atoms with Crippen molar-refractivity contribution in [2.75, 3.05) is 0 Å². The highest BCUT2D eigenvalue weighted by atomic mass is 35.5. The van der Waals surface area contributed by atoms with Gasteiger partial charge in [-0.15, -0.1) is 11.8 Å². The highest BCUT2D eigenvalue weighted by Gasteiger charge is 2.07. The summed E-state index contributed by atoms with van der Waals surface area (Å²) in [5, 5.41) is 10.1. The van der Waals surface area contributed by atoms with Gasteiger partial charge in [0, 0.05) is 15.7 Å². The number of thioether (sulfide) groups is 1. The third-order valence-corrected chi connectivity index (χ3v) is 4.06. The highest BCUT2D eigenvalue weighted by molar-refractivity contribution is 7.98. The van der Waals surface area contributed by atoms with Crippen molar-refractivity contribution in [3.05, 3.63) is 57.8 Å². The maximum Gasteiger partial charge on any atom is 0.354 e. The summed E-state index contributed by atoms with van der Waals surface area (Å²) in [6.45, 7) is 0. The van der Waals surface area contributed by atoms with E-state index in [1.807, 2.05) is 0 Å². The first-order chi connectivity index (χ1) is 9.06. The van der Waals surface area contributed by atoms with Gasteiger partial charge in [0.05, 0.1) is 10.7 Å². The summed E-state index contributed by atoms with van der Waals surface area (Å²) in [6, 6.07) is 10.1. The Hall–Kier alpha value is -1.23. The molecule has 2 aromatic rings. The molecule has 1 N–H and O–H groups in total. The highest BCUT2D eigenvalue weighted by Crippen LogP contribution is 2.31. The molecule has 0 aliphatic heterocycles. The fourth-order valence-corrected chi connectivity index (χ4v) is 2.82. The largest absolute Gasteiger partial charge is 0.477 e. The number of aromatic nitrogens is 1. The molecule has 1 aromatic carbocycles. The lowest BCUT2D eigenvalue weighted by molar-refractivity contribution is 0.0690. The van der Waals surface area contributed by atoms with E-state index < -0.39 is 5.97 Å². The molecule has 0 unspecified atom stereocenters. The van der Waals surface area contributed by atoms with Crippen LogP contribution in [-0.4, -0.2) is 16.1 Å². The van der Waals surface area contributed by atoms with Gasteiger partial charge in [0.15, 0.2) is 0 Å². The lowest BCUT2D eigenvalue weighted by Crippen LogP contribution is -2.01. The Morgan fingerprint density at radius 2 is 2.05 bits per heavy atom. The van der Waals surface area contributed by atoms with E-state index in [2.05, 4.69) is 4.98 Å². The van der Waals surface area contributed by atoms with Crippen molar-refractivity contribution in [2.24, 2.45) is 0 Å². The van der Waals surface area contributed by atoms with Crippen LogP contribution in [0, 0.1) is 0 Å². The van der Waals surface area contributed by atoms with Crippen LogP contribution in [-0.2, 0) is 5.75 Å². The molecule has 0 fully saturated rings. The topological polar surface area (TPSA) is 50.2 Å². The summed E-state index contributed by atoms with van der Waals surface area (Å²) in [5.74, 6) is -0.506. The number of pyridine rings is 1. The predicted octanol–water partition coefficient (Wildman–Crippen LogP) is 4.38. The van der Waals surface area contributed by atoms with Crippen LogP contribution in [0.1, 0.15) is 16.2 Å². The van der Waals surface area contributed by atoms with Crippen LogP contribution in [0.3, 0.4) is 0 Å². The van der Waals surface area contributed by atoms with Gasteiger partial charge in [-0.2, -0.15) is 0 Å². The second kappa shape index (κ2) is 6.28. The third kappa shape index (κ3) is 3.86. The first kappa shape index (κ1) is 14.2. The van der Waals surface area contributed by atoms with Crippen molar-refractivity contribution in [1.29, 1.82) is 0 Å². The molecule has 1 heterocycles. The van der Waals surface area contributed by atoms with E-state index in [4.69, 9.17) is 28.3 Å². The quantitative estimate of drug-likeness (QED) is 0.851. The van der Waals surface area contributed by atoms with Crippen LogP contribution in [0.2, 0.25) is 10.0 Å². The van der Waals surface area contributed by atoms with Crippen LogP contribution < -0.4 is 0 Å². The van der Waals surface area contributed by atoms with Gasteiger partial charge in [-0.25, -0.2) is 9.78 Å². The summed E-state index contributed by atoms with van der Waals surface area (Å²) in [5.41, 5.74) is 0.719. The van der Waals surface area contributed by atoms with Gasteiger partial charge in [-0.1, -0.05) is 29.3 Å². The average molecular weight is 314 g/mol. The second-order valence-corrected chi connectivity index (χ2v) is 5.54. The molecule has 0 aliphatic carbocycles. The number of carboxylic acid groups (broad SMARTS) is 1. The lowest BCUT2D eigenvalue weighted by atomic mass is 10.3. The first-order valence-electron chi connectivity index (χ1n) is 5.33. The monoisotopic (exact) mass is 313 g/mol. The Morgan fingerprint density at radius 3 is 2.79 bits per heavy atom. The molecule has 0 saturated heterocycles. The van der Waals surface area contributed by atoms with E-state index in [0.29, 0.717) is 21.5 Å². The maximum atomic E-state index is 10.8. The Morgan fingerprint density at radius 1 is 1.26 bits per heavy atom. The molecule has 98 valence electrons. The fraction of sp³-hybridized carbons (Fsp3) is 0.0769. The number of carbonyl (C=O) groups is 1. The zero-order valence-corrected chi connectivity index (χ0v) is 12.0. The zero-order valence-electron chi connectivity index (χ0n) is 9.64. The molecule has 0 bridgehead atoms. The van der Waals surface area contributed by atoms with E-state index in [0.717, 1.165) is 4.90 Å². The molecule has 0 saturated carbocycles. The van der Waals surface area contributed by atoms with Gasteiger partial charge in [-0.3, -0.25) is 0 Å². The summed E-state index contributed by atoms with van der Waals surface area (Å²) in [7, 11) is 0. The van der Waals surface area contributed by atoms with Crippen molar-refractivity contribution < 1.29 is 9.90 Å². The van der Waals surface area contributed by atoms with Gasteiger partial charge >= 0.3 is 5.97 Å². The van der Waals surface area contributed by atoms with E-state index in [-0.39, 0.29) is 5.69 Å². The van der Waals surface area contributed by atoms with Crippen molar-refractivity contribution >= 4 is 40.9 Å². The van der Waals surface area contributed by atoms with E-state index >= 15 is 0 Å². The third-order valence-electron chi connectivity index (χ3n) is 2.29. The second-order valence-electron chi connectivity index (χ2n) is 3.68. The number of carboxylic acids is 1. The maximum absolute atomic E-state index is 10.8. The minimum atomic E-state index is -1.03. The molecule has 6 heteroatoms. The number of benzene rings is 1. The molecule has 0 amide bonds. The van der Waals surface area contributed by atoms with Crippen LogP contribution in [0.25, 0.3) is 0 Å². The Kier molecular flexibility index (Phi) is 4.69. The van der Waals surface area contributed by atoms with Crippen LogP contribution >= 0.6 is 35.0 Å². The van der Waals surface area contributed by atoms with Crippen LogP contribution in [0.15, 0.2) is 41.3 Å². The molecule has 2 rings (SSSR count). The standard InChI is InChI=1S/C13H9Cl2NO2S/c14-8-4-5-10(15)12(6-8)19-7-9-2-1-3-11(16-9)13(17)18/h1-6H,7H2,(H,17,18). The summed E-state index contributed by atoms with van der Waals surface area (Å²) in [6.07, 6.45) is 0. The lowest BCUT2D eigenvalue weighted by Gasteiger charge is -2.05. The molecular weight excluding hydrogens is 305 g/mol. The summed E-state index contributed by atoms with van der Waals surface area (Å²) in [4.78, 5) is 15.7. The minimum absolute atomic E-state index is 0.0373. The van der Waals surface area contributed by atoms with Gasteiger partial charge < -0.3 is 5.11 Å². The number of hydrogen-bond acceptors (Lipinski definition) is 3. The number of nitrogens with zero attached hydrogens (tertiary/aromatic N) is 1. The SMILES string of the molecule is O=C(O)c1cccc(CSc2cc(Cl)ccc2Cl)n1. The molecule has 1 aromatic heterocycles. The molecule has 0 spiro atoms. The summed E-state index contributed by atoms with van der Waals surface area (Å²) >= 11 is 13.4. The number of rotatable bonds is 4. The van der Waals surface area contributed by atoms with E-state index in [1.54, 1.807) is 30.3 Å². The normalized spacial score (nSPS) is 10.4. The van der Waals surface area contributed by atoms with Crippen molar-refractivity contribution in [3.8, 4) is 0 Å². The number of aromatic carboxylic acids is 1. The number of halogens is 2. The average Bonchev–Trinajstić information content (AvgIpc) is 2.40. The molecular formula is C13H9Cl2NO2S. The zero-order chi connectivity index (χ0) is 13.8. The van der Waals surface area contributed by atoms with Gasteiger partial charge in [0.2, 0.25) is 0 Å². The van der Waals surface area contributed by atoms with Crippen molar-refractivity contribution in [2.45, 2.75) is 10.6 Å². The smallest absolute Gasteiger partial charge is 0.354 e. The number of hydrogen-bond donors (Lipinski definition) is 1. The van der Waals surface area contributed by atoms with Gasteiger partial charge in [0.1, 0.15) is 5.69 Å². The van der Waals surface area contributed by atoms with Gasteiger partial charge in [0.25, 0.3) is 0 Å². The van der Waals surface area contributed by atoms with Gasteiger partial charge in [-0.05, 0) is 30.3 Å².